The van der Waals surface area contributed by atoms with Crippen molar-refractivity contribution in [3.63, 3.8) is 0 Å². The Morgan fingerprint density at radius 1 is 1.12 bits per heavy atom. The van der Waals surface area contributed by atoms with Gasteiger partial charge in [0.1, 0.15) is 12.6 Å². The summed E-state index contributed by atoms with van der Waals surface area (Å²) in [7, 11) is 0. The zero-order valence-corrected chi connectivity index (χ0v) is 14.7. The summed E-state index contributed by atoms with van der Waals surface area (Å²) in [5.41, 5.74) is 1.77. The lowest BCUT2D eigenvalue weighted by Crippen LogP contribution is -2.43. The molecule has 0 spiro atoms. The normalized spacial score (nSPS) is 11.4. The first-order valence-corrected chi connectivity index (χ1v) is 8.99. The van der Waals surface area contributed by atoms with Gasteiger partial charge in [-0.1, -0.05) is 42.5 Å². The second-order valence-corrected chi connectivity index (χ2v) is 6.24. The SMILES string of the molecule is CSc1ccc(CC(NC(=O)OCc2ccccc2)C(=O)C=N)cc1. The summed E-state index contributed by atoms with van der Waals surface area (Å²) in [5.74, 6) is -0.467. The van der Waals surface area contributed by atoms with Gasteiger partial charge in [-0.15, -0.1) is 11.8 Å². The van der Waals surface area contributed by atoms with Gasteiger partial charge in [0.2, 0.25) is 0 Å². The minimum Gasteiger partial charge on any atom is -0.445 e. The van der Waals surface area contributed by atoms with Gasteiger partial charge in [0.15, 0.2) is 5.78 Å². The second-order valence-electron chi connectivity index (χ2n) is 5.36. The fraction of sp³-hybridized carbons (Fsp3) is 0.211. The van der Waals surface area contributed by atoms with Crippen LogP contribution in [-0.2, 0) is 22.6 Å². The lowest BCUT2D eigenvalue weighted by molar-refractivity contribution is -0.114. The molecule has 0 radical (unpaired) electrons. The average molecular weight is 356 g/mol. The molecule has 2 rings (SSSR count). The van der Waals surface area contributed by atoms with Gasteiger partial charge in [0, 0.05) is 11.3 Å². The summed E-state index contributed by atoms with van der Waals surface area (Å²) in [6.07, 6.45) is 2.34. The average Bonchev–Trinajstić information content (AvgIpc) is 2.66. The molecule has 0 saturated heterocycles. The molecule has 1 unspecified atom stereocenters. The molecule has 2 N–H and O–H groups in total. The van der Waals surface area contributed by atoms with Crippen LogP contribution in [-0.4, -0.2) is 30.4 Å². The summed E-state index contributed by atoms with van der Waals surface area (Å²) in [4.78, 5) is 25.0. The van der Waals surface area contributed by atoms with E-state index in [0.717, 1.165) is 22.2 Å². The number of rotatable bonds is 8. The number of benzene rings is 2. The van der Waals surface area contributed by atoms with Gasteiger partial charge in [-0.25, -0.2) is 4.79 Å². The highest BCUT2D eigenvalue weighted by Crippen LogP contribution is 2.16. The molecule has 25 heavy (non-hydrogen) atoms. The van der Waals surface area contributed by atoms with Gasteiger partial charge in [0.05, 0.1) is 6.21 Å². The van der Waals surface area contributed by atoms with Gasteiger partial charge in [0.25, 0.3) is 0 Å². The molecule has 0 fully saturated rings. The van der Waals surface area contributed by atoms with Crippen molar-refractivity contribution in [1.29, 1.82) is 5.41 Å². The summed E-state index contributed by atoms with van der Waals surface area (Å²) in [6.45, 7) is 0.126. The number of ketones is 1. The van der Waals surface area contributed by atoms with Crippen molar-refractivity contribution >= 4 is 29.9 Å². The molecule has 130 valence electrons. The first-order chi connectivity index (χ1) is 12.1. The third kappa shape index (κ3) is 6.08. The quantitative estimate of drug-likeness (QED) is 0.561. The van der Waals surface area contributed by atoms with Crippen LogP contribution >= 0.6 is 11.8 Å². The van der Waals surface area contributed by atoms with E-state index in [9.17, 15) is 9.59 Å². The van der Waals surface area contributed by atoms with Gasteiger partial charge >= 0.3 is 6.09 Å². The number of nitrogens with one attached hydrogen (secondary N) is 2. The molecule has 1 atom stereocenters. The fourth-order valence-electron chi connectivity index (χ4n) is 2.23. The zero-order valence-electron chi connectivity index (χ0n) is 13.9. The highest BCUT2D eigenvalue weighted by molar-refractivity contribution is 7.98. The van der Waals surface area contributed by atoms with E-state index in [4.69, 9.17) is 10.1 Å². The molecule has 1 amide bonds. The van der Waals surface area contributed by atoms with Gasteiger partial charge in [-0.05, 0) is 29.5 Å². The number of amides is 1. The van der Waals surface area contributed by atoms with Crippen LogP contribution in [0.25, 0.3) is 0 Å². The Morgan fingerprint density at radius 3 is 2.40 bits per heavy atom. The van der Waals surface area contributed by atoms with E-state index >= 15 is 0 Å². The van der Waals surface area contributed by atoms with Crippen molar-refractivity contribution in [3.8, 4) is 0 Å². The van der Waals surface area contributed by atoms with Crippen molar-refractivity contribution in [2.75, 3.05) is 6.26 Å². The van der Waals surface area contributed by atoms with Crippen LogP contribution in [0, 0.1) is 5.41 Å². The van der Waals surface area contributed by atoms with Crippen molar-refractivity contribution in [2.45, 2.75) is 24.0 Å². The maximum Gasteiger partial charge on any atom is 0.408 e. The van der Waals surface area contributed by atoms with Crippen molar-refractivity contribution in [2.24, 2.45) is 0 Å². The first-order valence-electron chi connectivity index (χ1n) is 7.77. The monoisotopic (exact) mass is 356 g/mol. The van der Waals surface area contributed by atoms with E-state index in [1.165, 1.54) is 0 Å². The summed E-state index contributed by atoms with van der Waals surface area (Å²) < 4.78 is 5.15. The molecule has 6 heteroatoms. The Labute approximate surface area is 151 Å². The largest absolute Gasteiger partial charge is 0.445 e. The topological polar surface area (TPSA) is 79.2 Å². The van der Waals surface area contributed by atoms with E-state index in [-0.39, 0.29) is 6.61 Å². The van der Waals surface area contributed by atoms with Crippen LogP contribution in [0.5, 0.6) is 0 Å². The van der Waals surface area contributed by atoms with E-state index in [1.54, 1.807) is 11.8 Å². The third-order valence-electron chi connectivity index (χ3n) is 3.59. The van der Waals surface area contributed by atoms with E-state index in [0.29, 0.717) is 6.42 Å². The number of hydrogen-bond acceptors (Lipinski definition) is 5. The molecule has 0 aromatic heterocycles. The van der Waals surface area contributed by atoms with Crippen LogP contribution in [0.2, 0.25) is 0 Å². The Morgan fingerprint density at radius 2 is 1.80 bits per heavy atom. The van der Waals surface area contributed by atoms with Crippen molar-refractivity contribution < 1.29 is 14.3 Å². The van der Waals surface area contributed by atoms with Crippen LogP contribution in [0.1, 0.15) is 11.1 Å². The third-order valence-corrected chi connectivity index (χ3v) is 4.33. The van der Waals surface area contributed by atoms with E-state index in [2.05, 4.69) is 5.32 Å². The summed E-state index contributed by atoms with van der Waals surface area (Å²) in [5, 5.41) is 9.73. The minimum absolute atomic E-state index is 0.126. The van der Waals surface area contributed by atoms with Crippen LogP contribution in [0.15, 0.2) is 59.5 Å². The predicted octanol–water partition coefficient (Wildman–Crippen LogP) is 3.46. The van der Waals surface area contributed by atoms with Crippen molar-refractivity contribution in [3.05, 3.63) is 65.7 Å². The Bertz CT molecular complexity index is 717. The first kappa shape index (κ1) is 18.7. The van der Waals surface area contributed by atoms with E-state index < -0.39 is 17.9 Å². The van der Waals surface area contributed by atoms with Crippen molar-refractivity contribution in [1.82, 2.24) is 5.32 Å². The number of thioether (sulfide) groups is 1. The number of ether oxygens (including phenoxy) is 1. The van der Waals surface area contributed by atoms with Crippen LogP contribution in [0.4, 0.5) is 4.79 Å². The second kappa shape index (κ2) is 9.64. The number of carbonyl (C=O) groups is 2. The molecule has 0 aliphatic carbocycles. The summed E-state index contributed by atoms with van der Waals surface area (Å²) in [6, 6.07) is 16.2. The molecular weight excluding hydrogens is 336 g/mol. The van der Waals surface area contributed by atoms with Gasteiger partial charge in [-0.3, -0.25) is 4.79 Å². The maximum atomic E-state index is 12.0. The molecular formula is C19H20N2O3S. The number of carbonyl (C=O) groups excluding carboxylic acids is 2. The molecule has 0 bridgehead atoms. The van der Waals surface area contributed by atoms with Crippen LogP contribution < -0.4 is 5.32 Å². The lowest BCUT2D eigenvalue weighted by atomic mass is 10.0. The Kier molecular flexibility index (Phi) is 7.22. The predicted molar refractivity (Wildman–Crippen MR) is 99.3 cm³/mol. The summed E-state index contributed by atoms with van der Waals surface area (Å²) >= 11 is 1.63. The molecule has 0 heterocycles. The molecule has 0 saturated carbocycles. The van der Waals surface area contributed by atoms with Gasteiger partial charge < -0.3 is 15.5 Å². The molecule has 0 aliphatic heterocycles. The van der Waals surface area contributed by atoms with E-state index in [1.807, 2.05) is 60.9 Å². The lowest BCUT2D eigenvalue weighted by Gasteiger charge is -2.16. The standard InChI is InChI=1S/C19H20N2O3S/c1-25-16-9-7-14(8-10-16)11-17(18(22)12-20)21-19(23)24-13-15-5-3-2-4-6-15/h2-10,12,17,20H,11,13H2,1H3,(H,21,23). The highest BCUT2D eigenvalue weighted by Gasteiger charge is 2.20. The molecule has 2 aromatic carbocycles. The Balaban J connectivity index is 1.95. The smallest absolute Gasteiger partial charge is 0.408 e. The molecule has 2 aromatic rings. The zero-order chi connectivity index (χ0) is 18.1. The molecule has 5 nitrogen and oxygen atoms in total. The van der Waals surface area contributed by atoms with Gasteiger partial charge in [-0.2, -0.15) is 0 Å². The number of hydrogen-bond donors (Lipinski definition) is 2. The molecule has 0 aliphatic rings. The minimum atomic E-state index is -0.819. The Hall–Kier alpha value is -2.60. The number of alkyl carbamates (subject to hydrolysis) is 1. The number of Topliss-reactive ketones (excluding diaryl/α,β-unsaturated/α-hetero) is 1. The highest BCUT2D eigenvalue weighted by atomic mass is 32.2. The fourth-order valence-corrected chi connectivity index (χ4v) is 2.64. The van der Waals surface area contributed by atoms with Crippen LogP contribution in [0.3, 0.4) is 0 Å². The maximum absolute atomic E-state index is 12.0.